The van der Waals surface area contributed by atoms with Gasteiger partial charge in [-0.3, -0.25) is 4.79 Å². The number of carbonyl (C=O) groups excluding carboxylic acids is 1. The summed E-state index contributed by atoms with van der Waals surface area (Å²) in [5.41, 5.74) is 1.02. The van der Waals surface area contributed by atoms with Crippen molar-refractivity contribution in [3.8, 4) is 0 Å². The number of benzene rings is 2. The van der Waals surface area contributed by atoms with Gasteiger partial charge in [0, 0.05) is 25.4 Å². The second kappa shape index (κ2) is 8.65. The van der Waals surface area contributed by atoms with Crippen LogP contribution in [-0.2, 0) is 14.6 Å². The van der Waals surface area contributed by atoms with Gasteiger partial charge in [-0.05, 0) is 42.7 Å². The number of likely N-dealkylation sites (tertiary alicyclic amines) is 1. The fourth-order valence-electron chi connectivity index (χ4n) is 3.50. The first-order valence-corrected chi connectivity index (χ1v) is 10.9. The maximum Gasteiger partial charge on any atom is 0.223 e. The van der Waals surface area contributed by atoms with Crippen molar-refractivity contribution in [1.29, 1.82) is 0 Å². The predicted molar refractivity (Wildman–Crippen MR) is 103 cm³/mol. The number of sulfone groups is 1. The van der Waals surface area contributed by atoms with Gasteiger partial charge in [0.1, 0.15) is 5.82 Å². The Morgan fingerprint density at radius 1 is 1.04 bits per heavy atom. The molecule has 1 atom stereocenters. The molecular formula is C21H24FNO3S. The van der Waals surface area contributed by atoms with Crippen molar-refractivity contribution >= 4 is 15.7 Å². The lowest BCUT2D eigenvalue weighted by Crippen LogP contribution is -2.35. The molecule has 0 radical (unpaired) electrons. The van der Waals surface area contributed by atoms with Gasteiger partial charge in [-0.2, -0.15) is 0 Å². The molecule has 6 heteroatoms. The van der Waals surface area contributed by atoms with Gasteiger partial charge < -0.3 is 4.90 Å². The third-order valence-electron chi connectivity index (χ3n) is 5.05. The number of nitrogens with zero attached hydrogens (tertiary/aromatic N) is 1. The largest absolute Gasteiger partial charge is 0.342 e. The van der Waals surface area contributed by atoms with Crippen LogP contribution in [0.5, 0.6) is 0 Å². The number of hydrogen-bond donors (Lipinski definition) is 0. The standard InChI is InChI=1S/C21H24FNO3S/c22-19-11-9-17(10-12-19)18-6-4-5-14-23(16-18)21(24)13-15-27(25,26)20-7-2-1-3-8-20/h1-3,7-12,18H,4-6,13-16H2. The minimum Gasteiger partial charge on any atom is -0.342 e. The van der Waals surface area contributed by atoms with Crippen LogP contribution in [0.15, 0.2) is 59.5 Å². The number of amides is 1. The molecular weight excluding hydrogens is 365 g/mol. The van der Waals surface area contributed by atoms with Crippen molar-refractivity contribution in [2.75, 3.05) is 18.8 Å². The minimum absolute atomic E-state index is 0.0205. The molecule has 3 rings (SSSR count). The van der Waals surface area contributed by atoms with E-state index in [2.05, 4.69) is 0 Å². The third-order valence-corrected chi connectivity index (χ3v) is 6.78. The Bertz CT molecular complexity index is 866. The Morgan fingerprint density at radius 2 is 1.74 bits per heavy atom. The fourth-order valence-corrected chi connectivity index (χ4v) is 4.75. The van der Waals surface area contributed by atoms with Crippen LogP contribution in [0, 0.1) is 5.82 Å². The van der Waals surface area contributed by atoms with E-state index >= 15 is 0 Å². The molecule has 1 amide bonds. The lowest BCUT2D eigenvalue weighted by Gasteiger charge is -2.25. The monoisotopic (exact) mass is 389 g/mol. The molecule has 0 aromatic heterocycles. The summed E-state index contributed by atoms with van der Waals surface area (Å²) in [4.78, 5) is 14.7. The molecule has 0 N–H and O–H groups in total. The smallest absolute Gasteiger partial charge is 0.223 e. The molecule has 1 heterocycles. The van der Waals surface area contributed by atoms with Gasteiger partial charge in [-0.1, -0.05) is 36.8 Å². The molecule has 2 aromatic rings. The molecule has 1 aliphatic rings. The second-order valence-corrected chi connectivity index (χ2v) is 9.08. The Morgan fingerprint density at radius 3 is 2.44 bits per heavy atom. The first-order valence-electron chi connectivity index (χ1n) is 9.27. The molecule has 1 saturated heterocycles. The van der Waals surface area contributed by atoms with E-state index in [4.69, 9.17) is 0 Å². The summed E-state index contributed by atoms with van der Waals surface area (Å²) in [6.45, 7) is 1.19. The van der Waals surface area contributed by atoms with Crippen molar-refractivity contribution in [2.45, 2.75) is 36.5 Å². The lowest BCUT2D eigenvalue weighted by atomic mass is 9.94. The summed E-state index contributed by atoms with van der Waals surface area (Å²) < 4.78 is 38.0. The number of rotatable bonds is 5. The van der Waals surface area contributed by atoms with Crippen LogP contribution in [-0.4, -0.2) is 38.1 Å². The minimum atomic E-state index is -3.46. The van der Waals surface area contributed by atoms with Crippen molar-refractivity contribution in [2.24, 2.45) is 0 Å². The number of halogens is 1. The van der Waals surface area contributed by atoms with E-state index in [1.165, 1.54) is 12.1 Å². The van der Waals surface area contributed by atoms with Gasteiger partial charge in [-0.25, -0.2) is 12.8 Å². The van der Waals surface area contributed by atoms with E-state index in [-0.39, 0.29) is 34.7 Å². The van der Waals surface area contributed by atoms with E-state index in [9.17, 15) is 17.6 Å². The van der Waals surface area contributed by atoms with Crippen LogP contribution in [0.1, 0.15) is 37.2 Å². The summed E-state index contributed by atoms with van der Waals surface area (Å²) >= 11 is 0. The fraction of sp³-hybridized carbons (Fsp3) is 0.381. The maximum absolute atomic E-state index is 13.2. The first-order chi connectivity index (χ1) is 13.0. The van der Waals surface area contributed by atoms with Crippen LogP contribution in [0.25, 0.3) is 0 Å². The average molecular weight is 389 g/mol. The van der Waals surface area contributed by atoms with E-state index in [0.29, 0.717) is 13.1 Å². The molecule has 0 spiro atoms. The van der Waals surface area contributed by atoms with Crippen LogP contribution in [0.4, 0.5) is 4.39 Å². The van der Waals surface area contributed by atoms with Crippen LogP contribution >= 0.6 is 0 Å². The zero-order valence-electron chi connectivity index (χ0n) is 15.2. The highest BCUT2D eigenvalue weighted by Gasteiger charge is 2.25. The lowest BCUT2D eigenvalue weighted by molar-refractivity contribution is -0.130. The quantitative estimate of drug-likeness (QED) is 0.782. The van der Waals surface area contributed by atoms with Crippen LogP contribution < -0.4 is 0 Å². The van der Waals surface area contributed by atoms with Gasteiger partial charge in [0.2, 0.25) is 5.91 Å². The van der Waals surface area contributed by atoms with E-state index < -0.39 is 9.84 Å². The summed E-state index contributed by atoms with van der Waals surface area (Å²) in [5.74, 6) is -0.439. The highest BCUT2D eigenvalue weighted by Crippen LogP contribution is 2.27. The molecule has 1 aliphatic heterocycles. The SMILES string of the molecule is O=C(CCS(=O)(=O)c1ccccc1)N1CCCCC(c2ccc(F)cc2)C1. The molecule has 0 saturated carbocycles. The molecule has 1 unspecified atom stereocenters. The molecule has 0 aliphatic carbocycles. The average Bonchev–Trinajstić information content (AvgIpc) is 2.94. The normalized spacial score (nSPS) is 18.1. The predicted octanol–water partition coefficient (Wildman–Crippen LogP) is 3.79. The highest BCUT2D eigenvalue weighted by atomic mass is 32.2. The number of hydrogen-bond acceptors (Lipinski definition) is 3. The van der Waals surface area contributed by atoms with Crippen molar-refractivity contribution in [3.05, 3.63) is 66.0 Å². The maximum atomic E-state index is 13.2. The Kier molecular flexibility index (Phi) is 6.26. The molecule has 2 aromatic carbocycles. The summed E-state index contributed by atoms with van der Waals surface area (Å²) in [5, 5.41) is 0. The van der Waals surface area contributed by atoms with E-state index in [1.807, 2.05) is 0 Å². The molecule has 4 nitrogen and oxygen atoms in total. The molecule has 144 valence electrons. The van der Waals surface area contributed by atoms with Crippen molar-refractivity contribution < 1.29 is 17.6 Å². The second-order valence-electron chi connectivity index (χ2n) is 6.97. The van der Waals surface area contributed by atoms with Crippen LogP contribution in [0.2, 0.25) is 0 Å². The van der Waals surface area contributed by atoms with Crippen LogP contribution in [0.3, 0.4) is 0 Å². The summed E-state index contributed by atoms with van der Waals surface area (Å²) in [6.07, 6.45) is 2.81. The zero-order valence-corrected chi connectivity index (χ0v) is 16.0. The summed E-state index contributed by atoms with van der Waals surface area (Å²) in [7, 11) is -3.46. The Balaban J connectivity index is 1.64. The van der Waals surface area contributed by atoms with Crippen molar-refractivity contribution in [3.63, 3.8) is 0 Å². The van der Waals surface area contributed by atoms with E-state index in [0.717, 1.165) is 24.8 Å². The third kappa shape index (κ3) is 5.16. The summed E-state index contributed by atoms with van der Waals surface area (Å²) in [6, 6.07) is 14.6. The van der Waals surface area contributed by atoms with Gasteiger partial charge >= 0.3 is 0 Å². The highest BCUT2D eigenvalue weighted by molar-refractivity contribution is 7.91. The number of carbonyl (C=O) groups is 1. The van der Waals surface area contributed by atoms with Gasteiger partial charge in [0.25, 0.3) is 0 Å². The molecule has 0 bridgehead atoms. The van der Waals surface area contributed by atoms with E-state index in [1.54, 1.807) is 47.4 Å². The molecule has 27 heavy (non-hydrogen) atoms. The zero-order chi connectivity index (χ0) is 19.3. The van der Waals surface area contributed by atoms with Gasteiger partial charge in [0.15, 0.2) is 9.84 Å². The molecule has 1 fully saturated rings. The topological polar surface area (TPSA) is 54.5 Å². The first kappa shape index (κ1) is 19.5. The van der Waals surface area contributed by atoms with Gasteiger partial charge in [0.05, 0.1) is 10.6 Å². The van der Waals surface area contributed by atoms with Crippen molar-refractivity contribution in [1.82, 2.24) is 4.90 Å². The Hall–Kier alpha value is -2.21. The Labute approximate surface area is 159 Å². The van der Waals surface area contributed by atoms with Gasteiger partial charge in [-0.15, -0.1) is 0 Å².